The standard InChI is InChI=1S/C14H14N2O2/c1-7-4-10-12(17)5-11(13(18)6-15)16-14(10)9(3)8(7)2/h4-6,15H,1-3H3,(H,16,17). The minimum Gasteiger partial charge on any atom is -0.351 e. The topological polar surface area (TPSA) is 73.8 Å². The first-order valence-corrected chi connectivity index (χ1v) is 5.64. The van der Waals surface area contributed by atoms with Gasteiger partial charge in [0.25, 0.3) is 0 Å². The number of nitrogens with one attached hydrogen (secondary N) is 2. The summed E-state index contributed by atoms with van der Waals surface area (Å²) in [6.45, 7) is 5.85. The molecule has 0 aliphatic carbocycles. The van der Waals surface area contributed by atoms with Gasteiger partial charge in [0.1, 0.15) is 0 Å². The molecule has 0 saturated heterocycles. The molecular weight excluding hydrogens is 228 g/mol. The van der Waals surface area contributed by atoms with E-state index in [-0.39, 0.29) is 11.1 Å². The number of H-pyrrole nitrogens is 1. The second kappa shape index (κ2) is 4.22. The molecule has 0 atom stereocenters. The number of carbonyl (C=O) groups excluding carboxylic acids is 1. The second-order valence-corrected chi connectivity index (χ2v) is 4.42. The van der Waals surface area contributed by atoms with Crippen molar-refractivity contribution in [3.05, 3.63) is 44.7 Å². The van der Waals surface area contributed by atoms with Crippen molar-refractivity contribution in [3.8, 4) is 0 Å². The third-order valence-electron chi connectivity index (χ3n) is 3.36. The van der Waals surface area contributed by atoms with Crippen molar-refractivity contribution in [2.45, 2.75) is 20.8 Å². The molecule has 0 bridgehead atoms. The van der Waals surface area contributed by atoms with E-state index >= 15 is 0 Å². The van der Waals surface area contributed by atoms with Crippen LogP contribution in [0.3, 0.4) is 0 Å². The molecule has 1 heterocycles. The van der Waals surface area contributed by atoms with Crippen molar-refractivity contribution in [1.29, 1.82) is 5.41 Å². The zero-order chi connectivity index (χ0) is 13.4. The van der Waals surface area contributed by atoms with Gasteiger partial charge in [0.05, 0.1) is 17.4 Å². The van der Waals surface area contributed by atoms with Gasteiger partial charge in [-0.3, -0.25) is 9.59 Å². The number of hydrogen-bond acceptors (Lipinski definition) is 3. The Kier molecular flexibility index (Phi) is 2.87. The average Bonchev–Trinajstić information content (AvgIpc) is 2.36. The molecule has 4 nitrogen and oxygen atoms in total. The Morgan fingerprint density at radius 2 is 1.89 bits per heavy atom. The molecule has 0 fully saturated rings. The predicted octanol–water partition coefficient (Wildman–Crippen LogP) is 2.29. The van der Waals surface area contributed by atoms with Crippen LogP contribution in [0.5, 0.6) is 0 Å². The summed E-state index contributed by atoms with van der Waals surface area (Å²) in [5.74, 6) is -0.494. The first-order chi connectivity index (χ1) is 8.45. The Morgan fingerprint density at radius 3 is 2.50 bits per heavy atom. The third-order valence-corrected chi connectivity index (χ3v) is 3.36. The van der Waals surface area contributed by atoms with E-state index in [4.69, 9.17) is 5.41 Å². The molecule has 0 radical (unpaired) electrons. The van der Waals surface area contributed by atoms with Crippen LogP contribution in [0.4, 0.5) is 0 Å². The molecule has 92 valence electrons. The summed E-state index contributed by atoms with van der Waals surface area (Å²) in [5.41, 5.74) is 3.75. The molecule has 4 heteroatoms. The SMILES string of the molecule is Cc1cc2c(=O)cc(C(=O)C=N)[nH]c2c(C)c1C. The van der Waals surface area contributed by atoms with Gasteiger partial charge in [-0.2, -0.15) is 0 Å². The van der Waals surface area contributed by atoms with Crippen LogP contribution in [0.15, 0.2) is 16.9 Å². The van der Waals surface area contributed by atoms with Crippen molar-refractivity contribution in [1.82, 2.24) is 4.98 Å². The Balaban J connectivity index is 2.92. The zero-order valence-corrected chi connectivity index (χ0v) is 10.5. The van der Waals surface area contributed by atoms with Crippen LogP contribution in [-0.2, 0) is 0 Å². The fourth-order valence-corrected chi connectivity index (χ4v) is 2.03. The highest BCUT2D eigenvalue weighted by Crippen LogP contribution is 2.21. The molecule has 18 heavy (non-hydrogen) atoms. The minimum absolute atomic E-state index is 0.161. The van der Waals surface area contributed by atoms with E-state index in [1.54, 1.807) is 0 Å². The fraction of sp³-hybridized carbons (Fsp3) is 0.214. The number of aromatic nitrogens is 1. The van der Waals surface area contributed by atoms with Crippen LogP contribution >= 0.6 is 0 Å². The van der Waals surface area contributed by atoms with E-state index in [2.05, 4.69) is 4.98 Å². The molecule has 0 aliphatic rings. The van der Waals surface area contributed by atoms with Crippen LogP contribution in [0.25, 0.3) is 10.9 Å². The van der Waals surface area contributed by atoms with Crippen molar-refractivity contribution in [2.75, 3.05) is 0 Å². The van der Waals surface area contributed by atoms with Crippen LogP contribution in [0.2, 0.25) is 0 Å². The normalized spacial score (nSPS) is 10.6. The van der Waals surface area contributed by atoms with Gasteiger partial charge >= 0.3 is 0 Å². The van der Waals surface area contributed by atoms with Crippen molar-refractivity contribution in [2.24, 2.45) is 0 Å². The number of aromatic amines is 1. The number of carbonyl (C=O) groups is 1. The molecular formula is C14H14N2O2. The molecule has 2 aromatic rings. The van der Waals surface area contributed by atoms with Crippen LogP contribution in [0.1, 0.15) is 27.2 Å². The average molecular weight is 242 g/mol. The molecule has 0 aliphatic heterocycles. The lowest BCUT2D eigenvalue weighted by molar-refractivity contribution is 0.106. The fourth-order valence-electron chi connectivity index (χ4n) is 2.03. The highest BCUT2D eigenvalue weighted by atomic mass is 16.1. The number of hydrogen-bond donors (Lipinski definition) is 2. The molecule has 1 aromatic heterocycles. The van der Waals surface area contributed by atoms with Gasteiger partial charge < -0.3 is 10.4 Å². The summed E-state index contributed by atoms with van der Waals surface area (Å²) >= 11 is 0. The molecule has 0 amide bonds. The van der Waals surface area contributed by atoms with Crippen LogP contribution < -0.4 is 5.43 Å². The number of aryl methyl sites for hydroxylation is 2. The maximum Gasteiger partial charge on any atom is 0.219 e. The van der Waals surface area contributed by atoms with Gasteiger partial charge in [-0.25, -0.2) is 0 Å². The third kappa shape index (κ3) is 1.76. The van der Waals surface area contributed by atoms with Gasteiger partial charge in [0.2, 0.25) is 5.78 Å². The highest BCUT2D eigenvalue weighted by molar-refractivity contribution is 6.33. The number of benzene rings is 1. The number of Topliss-reactive ketones (excluding diaryl/α,β-unsaturated/α-hetero) is 1. The van der Waals surface area contributed by atoms with Crippen molar-refractivity contribution >= 4 is 22.9 Å². The Labute approximate surface area is 104 Å². The summed E-state index contributed by atoms with van der Waals surface area (Å²) in [5, 5.41) is 7.54. The number of pyridine rings is 1. The van der Waals surface area contributed by atoms with Crippen molar-refractivity contribution in [3.63, 3.8) is 0 Å². The monoisotopic (exact) mass is 242 g/mol. The van der Waals surface area contributed by atoms with E-state index in [1.165, 1.54) is 6.07 Å². The lowest BCUT2D eigenvalue weighted by Crippen LogP contribution is -2.12. The maximum atomic E-state index is 12.0. The number of ketones is 1. The summed E-state index contributed by atoms with van der Waals surface area (Å²) in [7, 11) is 0. The highest BCUT2D eigenvalue weighted by Gasteiger charge is 2.11. The summed E-state index contributed by atoms with van der Waals surface area (Å²) in [6, 6.07) is 3.08. The first kappa shape index (κ1) is 12.2. The second-order valence-electron chi connectivity index (χ2n) is 4.42. The van der Waals surface area contributed by atoms with Crippen molar-refractivity contribution < 1.29 is 4.79 Å². The molecule has 0 unspecified atom stereocenters. The predicted molar refractivity (Wildman–Crippen MR) is 71.9 cm³/mol. The Morgan fingerprint density at radius 1 is 1.22 bits per heavy atom. The molecule has 2 rings (SSSR count). The Bertz CT molecular complexity index is 727. The van der Waals surface area contributed by atoms with E-state index in [1.807, 2.05) is 26.8 Å². The minimum atomic E-state index is -0.494. The number of fused-ring (bicyclic) bond motifs is 1. The number of rotatable bonds is 2. The lowest BCUT2D eigenvalue weighted by atomic mass is 9.99. The molecule has 1 aromatic carbocycles. The largest absolute Gasteiger partial charge is 0.351 e. The van der Waals surface area contributed by atoms with E-state index < -0.39 is 5.78 Å². The smallest absolute Gasteiger partial charge is 0.219 e. The van der Waals surface area contributed by atoms with Gasteiger partial charge in [-0.1, -0.05) is 0 Å². The molecule has 2 N–H and O–H groups in total. The van der Waals surface area contributed by atoms with Gasteiger partial charge in [0.15, 0.2) is 5.43 Å². The van der Waals surface area contributed by atoms with E-state index in [0.29, 0.717) is 17.1 Å². The van der Waals surface area contributed by atoms with Gasteiger partial charge in [-0.15, -0.1) is 0 Å². The van der Waals surface area contributed by atoms with Gasteiger partial charge in [-0.05, 0) is 43.5 Å². The maximum absolute atomic E-state index is 12.0. The quantitative estimate of drug-likeness (QED) is 0.626. The Hall–Kier alpha value is -2.23. The van der Waals surface area contributed by atoms with E-state index in [0.717, 1.165) is 16.7 Å². The van der Waals surface area contributed by atoms with E-state index in [9.17, 15) is 9.59 Å². The summed E-state index contributed by atoms with van der Waals surface area (Å²) in [6.07, 6.45) is 0.702. The molecule has 0 saturated carbocycles. The first-order valence-electron chi connectivity index (χ1n) is 5.64. The molecule has 0 spiro atoms. The summed E-state index contributed by atoms with van der Waals surface area (Å²) in [4.78, 5) is 26.4. The van der Waals surface area contributed by atoms with Crippen LogP contribution in [-0.4, -0.2) is 17.0 Å². The zero-order valence-electron chi connectivity index (χ0n) is 10.5. The lowest BCUT2D eigenvalue weighted by Gasteiger charge is -2.10. The summed E-state index contributed by atoms with van der Waals surface area (Å²) < 4.78 is 0. The van der Waals surface area contributed by atoms with Crippen LogP contribution in [0, 0.1) is 26.2 Å². The van der Waals surface area contributed by atoms with Gasteiger partial charge in [0, 0.05) is 11.5 Å².